The Balaban J connectivity index is 1.69. The molecule has 0 saturated heterocycles. The molecular weight excluding hydrogens is 474 g/mol. The second-order valence-electron chi connectivity index (χ2n) is 7.18. The lowest BCUT2D eigenvalue weighted by atomic mass is 10.0. The maximum atomic E-state index is 12.9. The number of carboxylic acids is 1. The molecule has 1 aromatic heterocycles. The number of aliphatic carboxylic acids is 1. The van der Waals surface area contributed by atoms with Gasteiger partial charge in [-0.05, 0) is 57.9 Å². The quantitative estimate of drug-likeness (QED) is 0.372. The molecule has 4 rings (SSSR count). The van der Waals surface area contributed by atoms with Crippen LogP contribution in [0.4, 0.5) is 5.69 Å². The second-order valence-corrected chi connectivity index (χ2v) is 8.03. The number of anilines is 1. The number of carbonyl (C=O) groups is 2. The van der Waals surface area contributed by atoms with Gasteiger partial charge in [0, 0.05) is 10.2 Å². The number of amides is 1. The topological polar surface area (TPSA) is 93.5 Å². The van der Waals surface area contributed by atoms with Crippen LogP contribution in [0.2, 0.25) is 0 Å². The Morgan fingerprint density at radius 2 is 1.91 bits per heavy atom. The first kappa shape index (κ1) is 21.6. The Hall–Kier alpha value is -3.65. The third-order valence-corrected chi connectivity index (χ3v) is 5.83. The highest BCUT2D eigenvalue weighted by Crippen LogP contribution is 2.29. The number of rotatable bonds is 7. The van der Waals surface area contributed by atoms with Crippen LogP contribution in [-0.4, -0.2) is 33.6 Å². The summed E-state index contributed by atoms with van der Waals surface area (Å²) in [5.41, 5.74) is 3.30. The summed E-state index contributed by atoms with van der Waals surface area (Å²) in [4.78, 5) is 28.8. The van der Waals surface area contributed by atoms with E-state index in [1.165, 1.54) is 0 Å². The summed E-state index contributed by atoms with van der Waals surface area (Å²) in [5, 5.41) is 12.4. The first-order valence-electron chi connectivity index (χ1n) is 9.84. The number of aromatic nitrogens is 2. The average molecular weight is 494 g/mol. The van der Waals surface area contributed by atoms with E-state index in [0.29, 0.717) is 27.0 Å². The number of nitrogens with one attached hydrogen (secondary N) is 1. The van der Waals surface area contributed by atoms with Crippen LogP contribution < -0.4 is 10.1 Å². The Kier molecular flexibility index (Phi) is 6.23. The van der Waals surface area contributed by atoms with Crippen molar-refractivity contribution >= 4 is 44.5 Å². The van der Waals surface area contributed by atoms with E-state index in [1.807, 2.05) is 34.9 Å². The van der Waals surface area contributed by atoms with Gasteiger partial charge in [-0.15, -0.1) is 0 Å². The maximum absolute atomic E-state index is 12.9. The van der Waals surface area contributed by atoms with E-state index in [1.54, 1.807) is 49.8 Å². The molecule has 0 radical (unpaired) electrons. The summed E-state index contributed by atoms with van der Waals surface area (Å²) >= 11 is 3.40. The number of halogens is 1. The van der Waals surface area contributed by atoms with E-state index in [4.69, 9.17) is 4.74 Å². The zero-order chi connectivity index (χ0) is 22.7. The highest BCUT2D eigenvalue weighted by Gasteiger charge is 2.20. The van der Waals surface area contributed by atoms with Gasteiger partial charge in [0.15, 0.2) is 0 Å². The van der Waals surface area contributed by atoms with Crippen molar-refractivity contribution in [1.29, 1.82) is 0 Å². The minimum atomic E-state index is -0.909. The largest absolute Gasteiger partial charge is 0.497 e. The van der Waals surface area contributed by atoms with Gasteiger partial charge in [-0.1, -0.05) is 30.3 Å². The number of ether oxygens (including phenoxy) is 1. The number of hydrogen-bond acceptors (Lipinski definition) is 4. The number of hydrogen-bond donors (Lipinski definition) is 2. The summed E-state index contributed by atoms with van der Waals surface area (Å²) in [6, 6.07) is 19.5. The molecule has 0 bridgehead atoms. The zero-order valence-electron chi connectivity index (χ0n) is 17.2. The molecule has 1 unspecified atom stereocenters. The lowest BCUT2D eigenvalue weighted by Crippen LogP contribution is -2.15. The zero-order valence-corrected chi connectivity index (χ0v) is 18.7. The summed E-state index contributed by atoms with van der Waals surface area (Å²) in [6.07, 6.45) is 1.54. The maximum Gasteiger partial charge on any atom is 0.305 e. The van der Waals surface area contributed by atoms with Gasteiger partial charge in [0.2, 0.25) is 0 Å². The van der Waals surface area contributed by atoms with Gasteiger partial charge in [-0.25, -0.2) is 4.98 Å². The van der Waals surface area contributed by atoms with Crippen molar-refractivity contribution in [2.24, 2.45) is 0 Å². The first-order valence-corrected chi connectivity index (χ1v) is 10.6. The average Bonchev–Trinajstić information content (AvgIpc) is 3.21. The van der Waals surface area contributed by atoms with Crippen LogP contribution in [0.5, 0.6) is 5.75 Å². The molecule has 3 aromatic carbocycles. The van der Waals surface area contributed by atoms with Crippen LogP contribution in [-0.2, 0) is 4.79 Å². The monoisotopic (exact) mass is 493 g/mol. The van der Waals surface area contributed by atoms with Crippen molar-refractivity contribution < 1.29 is 19.4 Å². The Labute approximate surface area is 192 Å². The molecule has 1 atom stereocenters. The predicted octanol–water partition coefficient (Wildman–Crippen LogP) is 5.12. The van der Waals surface area contributed by atoms with Gasteiger partial charge in [-0.2, -0.15) is 0 Å². The number of methoxy groups -OCH3 is 1. The molecular formula is C24H20BrN3O4. The molecule has 8 heteroatoms. The fraction of sp³-hybridized carbons (Fsp3) is 0.125. The van der Waals surface area contributed by atoms with Crippen LogP contribution in [0.3, 0.4) is 0 Å². The van der Waals surface area contributed by atoms with Gasteiger partial charge >= 0.3 is 5.97 Å². The molecule has 4 aromatic rings. The van der Waals surface area contributed by atoms with Crippen molar-refractivity contribution in [3.05, 3.63) is 88.7 Å². The van der Waals surface area contributed by atoms with Gasteiger partial charge in [0.25, 0.3) is 5.91 Å². The molecule has 1 heterocycles. The van der Waals surface area contributed by atoms with Gasteiger partial charge in [0.1, 0.15) is 5.75 Å². The molecule has 0 saturated carbocycles. The van der Waals surface area contributed by atoms with Crippen molar-refractivity contribution in [2.45, 2.75) is 12.5 Å². The normalized spacial score (nSPS) is 11.8. The number of benzene rings is 3. The van der Waals surface area contributed by atoms with Crippen molar-refractivity contribution in [3.63, 3.8) is 0 Å². The van der Waals surface area contributed by atoms with Crippen molar-refractivity contribution in [2.75, 3.05) is 12.4 Å². The molecule has 0 fully saturated rings. The smallest absolute Gasteiger partial charge is 0.305 e. The van der Waals surface area contributed by atoms with Crippen LogP contribution in [0.25, 0.3) is 11.0 Å². The predicted molar refractivity (Wildman–Crippen MR) is 125 cm³/mol. The van der Waals surface area contributed by atoms with Crippen molar-refractivity contribution in [3.8, 4) is 5.75 Å². The number of carboxylic acid groups (broad SMARTS) is 1. The molecule has 7 nitrogen and oxygen atoms in total. The van der Waals surface area contributed by atoms with Crippen molar-refractivity contribution in [1.82, 2.24) is 9.55 Å². The third kappa shape index (κ3) is 4.50. The lowest BCUT2D eigenvalue weighted by Gasteiger charge is -2.18. The molecule has 0 aliphatic heterocycles. The van der Waals surface area contributed by atoms with E-state index in [2.05, 4.69) is 26.2 Å². The summed E-state index contributed by atoms with van der Waals surface area (Å²) < 4.78 is 7.69. The molecule has 0 aliphatic carbocycles. The lowest BCUT2D eigenvalue weighted by molar-refractivity contribution is -0.137. The summed E-state index contributed by atoms with van der Waals surface area (Å²) in [7, 11) is 1.54. The fourth-order valence-corrected chi connectivity index (χ4v) is 4.00. The molecule has 32 heavy (non-hydrogen) atoms. The summed E-state index contributed by atoms with van der Waals surface area (Å²) in [5.74, 6) is -0.634. The molecule has 162 valence electrons. The molecule has 0 spiro atoms. The van der Waals surface area contributed by atoms with Crippen LogP contribution in [0.15, 0.2) is 77.5 Å². The first-order chi connectivity index (χ1) is 15.5. The third-order valence-electron chi connectivity index (χ3n) is 5.14. The number of nitrogens with zero attached hydrogens (tertiary/aromatic N) is 2. The Morgan fingerprint density at radius 1 is 1.12 bits per heavy atom. The Bertz CT molecular complexity index is 1290. The molecule has 2 N–H and O–H groups in total. The van der Waals surface area contributed by atoms with E-state index in [-0.39, 0.29) is 12.3 Å². The van der Waals surface area contributed by atoms with E-state index in [9.17, 15) is 14.7 Å². The number of fused-ring (bicyclic) bond motifs is 1. The van der Waals surface area contributed by atoms with E-state index in [0.717, 1.165) is 11.1 Å². The highest BCUT2D eigenvalue weighted by atomic mass is 79.9. The number of carbonyl (C=O) groups excluding carboxylic acids is 1. The molecule has 1 amide bonds. The summed E-state index contributed by atoms with van der Waals surface area (Å²) in [6.45, 7) is 0. The second kappa shape index (κ2) is 9.23. The van der Waals surface area contributed by atoms with Gasteiger partial charge in [-0.3, -0.25) is 9.59 Å². The fourth-order valence-electron chi connectivity index (χ4n) is 3.57. The SMILES string of the molecule is COc1ccc(Br)c(C(=O)Nc2ccc3ncn(C(CC(=O)O)c4ccccc4)c3c2)c1. The highest BCUT2D eigenvalue weighted by molar-refractivity contribution is 9.10. The Morgan fingerprint density at radius 3 is 2.62 bits per heavy atom. The van der Waals surface area contributed by atoms with E-state index < -0.39 is 12.0 Å². The van der Waals surface area contributed by atoms with Crippen LogP contribution in [0, 0.1) is 0 Å². The minimum absolute atomic E-state index is 0.0944. The van der Waals surface area contributed by atoms with Crippen LogP contribution in [0.1, 0.15) is 28.4 Å². The van der Waals surface area contributed by atoms with Gasteiger partial charge < -0.3 is 19.7 Å². The number of imidazole rings is 1. The standard InChI is InChI=1S/C24H20BrN3O4/c1-32-17-8-9-19(25)18(12-17)24(31)27-16-7-10-20-22(11-16)28(14-26-20)21(13-23(29)30)15-5-3-2-4-6-15/h2-12,14,21H,13H2,1H3,(H,27,31)(H,29,30). The van der Waals surface area contributed by atoms with Gasteiger partial charge in [0.05, 0.1) is 42.5 Å². The van der Waals surface area contributed by atoms with E-state index >= 15 is 0 Å². The van der Waals surface area contributed by atoms with Crippen LogP contribution >= 0.6 is 15.9 Å². The molecule has 0 aliphatic rings. The minimum Gasteiger partial charge on any atom is -0.497 e.